The maximum atomic E-state index is 9.23. The van der Waals surface area contributed by atoms with Crippen molar-refractivity contribution in [1.29, 1.82) is 5.26 Å². The zero-order chi connectivity index (χ0) is 17.2. The fourth-order valence-corrected chi connectivity index (χ4v) is 3.15. The molecule has 3 aromatic rings. The van der Waals surface area contributed by atoms with Gasteiger partial charge in [0, 0.05) is 25.1 Å². The Hall–Kier alpha value is -3.28. The van der Waals surface area contributed by atoms with E-state index in [9.17, 15) is 5.26 Å². The quantitative estimate of drug-likeness (QED) is 0.702. The highest BCUT2D eigenvalue weighted by atomic mass is 16.5. The van der Waals surface area contributed by atoms with Crippen molar-refractivity contribution in [3.63, 3.8) is 0 Å². The fraction of sp³-hybridized carbons (Fsp3) is 0.375. The minimum Gasteiger partial charge on any atom is -0.480 e. The molecule has 0 bridgehead atoms. The summed E-state index contributed by atoms with van der Waals surface area (Å²) in [4.78, 5) is 2.10. The largest absolute Gasteiger partial charge is 0.480 e. The summed E-state index contributed by atoms with van der Waals surface area (Å²) in [5.41, 5.74) is 1.26. The first-order valence-electron chi connectivity index (χ1n) is 8.03. The van der Waals surface area contributed by atoms with Crippen molar-refractivity contribution in [3.8, 4) is 11.9 Å². The second-order valence-corrected chi connectivity index (χ2v) is 5.85. The average Bonchev–Trinajstić information content (AvgIpc) is 3.11. The van der Waals surface area contributed by atoms with E-state index >= 15 is 0 Å². The molecule has 0 amide bonds. The minimum atomic E-state index is 0.244. The number of anilines is 1. The third-order valence-corrected chi connectivity index (χ3v) is 4.45. The zero-order valence-electron chi connectivity index (χ0n) is 13.7. The van der Waals surface area contributed by atoms with E-state index in [1.54, 1.807) is 23.8 Å². The molecule has 0 unspecified atom stereocenters. The lowest BCUT2D eigenvalue weighted by atomic mass is 9.96. The van der Waals surface area contributed by atoms with Gasteiger partial charge < -0.3 is 9.64 Å². The Kier molecular flexibility index (Phi) is 3.85. The molecule has 9 nitrogen and oxygen atoms in total. The maximum absolute atomic E-state index is 9.23. The topological polar surface area (TPSA) is 105 Å². The van der Waals surface area contributed by atoms with Gasteiger partial charge in [0.2, 0.25) is 5.88 Å². The molecule has 126 valence electrons. The number of hydrogen-bond donors (Lipinski definition) is 0. The number of aromatic nitrogens is 6. The highest BCUT2D eigenvalue weighted by molar-refractivity contribution is 5.52. The number of piperidine rings is 1. The van der Waals surface area contributed by atoms with Crippen molar-refractivity contribution in [2.24, 2.45) is 0 Å². The van der Waals surface area contributed by atoms with E-state index in [2.05, 4.69) is 36.5 Å². The van der Waals surface area contributed by atoms with Crippen LogP contribution in [-0.2, 0) is 0 Å². The van der Waals surface area contributed by atoms with Crippen LogP contribution in [0.4, 0.5) is 5.82 Å². The standard InChI is InChI=1S/C16H16N8O/c1-25-14-3-2-13-19-21-16(24(13)22-14)11-5-8-23(9-6-11)15-12(10-17)4-7-18-20-15/h2-4,7,11H,5-6,8-9H2,1H3. The predicted molar refractivity (Wildman–Crippen MR) is 88.3 cm³/mol. The molecule has 0 aromatic carbocycles. The molecule has 0 radical (unpaired) electrons. The molecule has 3 aromatic heterocycles. The van der Waals surface area contributed by atoms with Crippen LogP contribution >= 0.6 is 0 Å². The Bertz CT molecular complexity index is 939. The average molecular weight is 336 g/mol. The monoisotopic (exact) mass is 336 g/mol. The van der Waals surface area contributed by atoms with Crippen molar-refractivity contribution < 1.29 is 4.74 Å². The van der Waals surface area contributed by atoms with E-state index in [-0.39, 0.29) is 5.92 Å². The van der Waals surface area contributed by atoms with Gasteiger partial charge in [-0.25, -0.2) is 0 Å². The number of nitrogens with zero attached hydrogens (tertiary/aromatic N) is 8. The van der Waals surface area contributed by atoms with Gasteiger partial charge in [0.1, 0.15) is 6.07 Å². The van der Waals surface area contributed by atoms with Crippen LogP contribution in [0.3, 0.4) is 0 Å². The highest BCUT2D eigenvalue weighted by Crippen LogP contribution is 2.29. The van der Waals surface area contributed by atoms with Gasteiger partial charge in [0.05, 0.1) is 18.9 Å². The molecule has 0 aliphatic carbocycles. The first-order chi connectivity index (χ1) is 12.3. The van der Waals surface area contributed by atoms with Crippen LogP contribution in [0.1, 0.15) is 30.1 Å². The minimum absolute atomic E-state index is 0.244. The van der Waals surface area contributed by atoms with Crippen LogP contribution in [0.25, 0.3) is 5.65 Å². The Labute approximate surface area is 143 Å². The third-order valence-electron chi connectivity index (χ3n) is 4.45. The number of nitriles is 1. The lowest BCUT2D eigenvalue weighted by Crippen LogP contribution is -2.34. The lowest BCUT2D eigenvalue weighted by Gasteiger charge is -2.31. The summed E-state index contributed by atoms with van der Waals surface area (Å²) in [5.74, 6) is 2.26. The summed E-state index contributed by atoms with van der Waals surface area (Å²) >= 11 is 0. The van der Waals surface area contributed by atoms with E-state index in [4.69, 9.17) is 4.74 Å². The molecule has 1 aliphatic rings. The molecule has 1 fully saturated rings. The van der Waals surface area contributed by atoms with E-state index in [1.807, 2.05) is 6.07 Å². The molecule has 0 saturated carbocycles. The van der Waals surface area contributed by atoms with Crippen molar-refractivity contribution in [3.05, 3.63) is 35.8 Å². The lowest BCUT2D eigenvalue weighted by molar-refractivity contribution is 0.386. The van der Waals surface area contributed by atoms with Gasteiger partial charge in [-0.05, 0) is 25.0 Å². The van der Waals surface area contributed by atoms with Crippen molar-refractivity contribution in [1.82, 2.24) is 30.0 Å². The molecule has 0 spiro atoms. The molecule has 9 heteroatoms. The summed E-state index contributed by atoms with van der Waals surface area (Å²) in [6.45, 7) is 1.55. The van der Waals surface area contributed by atoms with Crippen LogP contribution in [0.15, 0.2) is 24.4 Å². The number of methoxy groups -OCH3 is 1. The number of ether oxygens (including phenoxy) is 1. The zero-order valence-corrected chi connectivity index (χ0v) is 13.7. The van der Waals surface area contributed by atoms with E-state index < -0.39 is 0 Å². The fourth-order valence-electron chi connectivity index (χ4n) is 3.15. The van der Waals surface area contributed by atoms with Gasteiger partial charge in [0.25, 0.3) is 0 Å². The van der Waals surface area contributed by atoms with Gasteiger partial charge in [-0.15, -0.1) is 20.4 Å². The Balaban J connectivity index is 1.55. The molecular weight excluding hydrogens is 320 g/mol. The number of fused-ring (bicyclic) bond motifs is 1. The first kappa shape index (κ1) is 15.3. The smallest absolute Gasteiger partial charge is 0.231 e. The van der Waals surface area contributed by atoms with E-state index in [1.165, 1.54) is 6.20 Å². The van der Waals surface area contributed by atoms with Crippen LogP contribution in [-0.4, -0.2) is 50.2 Å². The SMILES string of the molecule is COc1ccc2nnc(C3CCN(c4nnccc4C#N)CC3)n2n1. The second-order valence-electron chi connectivity index (χ2n) is 5.85. The number of rotatable bonds is 3. The molecule has 1 aliphatic heterocycles. The van der Waals surface area contributed by atoms with Crippen LogP contribution in [0.5, 0.6) is 5.88 Å². The van der Waals surface area contributed by atoms with Crippen LogP contribution in [0.2, 0.25) is 0 Å². The Morgan fingerprint density at radius 1 is 1.16 bits per heavy atom. The van der Waals surface area contributed by atoms with E-state index in [0.29, 0.717) is 22.9 Å². The molecule has 4 heterocycles. The van der Waals surface area contributed by atoms with Crippen LogP contribution in [0, 0.1) is 11.3 Å². The predicted octanol–water partition coefficient (Wildman–Crippen LogP) is 1.18. The molecule has 0 atom stereocenters. The Morgan fingerprint density at radius 2 is 2.00 bits per heavy atom. The summed E-state index contributed by atoms with van der Waals surface area (Å²) < 4.78 is 6.95. The molecule has 4 rings (SSSR count). The first-order valence-corrected chi connectivity index (χ1v) is 8.03. The van der Waals surface area contributed by atoms with Crippen LogP contribution < -0.4 is 9.64 Å². The van der Waals surface area contributed by atoms with Crippen molar-refractivity contribution in [2.75, 3.05) is 25.1 Å². The molecule has 0 N–H and O–H groups in total. The van der Waals surface area contributed by atoms with Gasteiger partial charge in [-0.1, -0.05) is 0 Å². The maximum Gasteiger partial charge on any atom is 0.231 e. The van der Waals surface area contributed by atoms with Crippen molar-refractivity contribution in [2.45, 2.75) is 18.8 Å². The Morgan fingerprint density at radius 3 is 2.76 bits per heavy atom. The second kappa shape index (κ2) is 6.32. The molecule has 1 saturated heterocycles. The highest BCUT2D eigenvalue weighted by Gasteiger charge is 2.27. The number of hydrogen-bond acceptors (Lipinski definition) is 8. The molecule has 25 heavy (non-hydrogen) atoms. The summed E-state index contributed by atoms with van der Waals surface area (Å²) in [5, 5.41) is 30.2. The van der Waals surface area contributed by atoms with Crippen molar-refractivity contribution >= 4 is 11.5 Å². The summed E-state index contributed by atoms with van der Waals surface area (Å²) in [6.07, 6.45) is 3.29. The summed E-state index contributed by atoms with van der Waals surface area (Å²) in [6, 6.07) is 7.48. The molecular formula is C16H16N8O. The van der Waals surface area contributed by atoms with Gasteiger partial charge in [-0.3, -0.25) is 0 Å². The summed E-state index contributed by atoms with van der Waals surface area (Å²) in [7, 11) is 1.59. The third kappa shape index (κ3) is 2.71. The van der Waals surface area contributed by atoms with Gasteiger partial charge in [-0.2, -0.15) is 14.9 Å². The van der Waals surface area contributed by atoms with Gasteiger partial charge in [0.15, 0.2) is 17.3 Å². The normalized spacial score (nSPS) is 15.3. The van der Waals surface area contributed by atoms with Gasteiger partial charge >= 0.3 is 0 Å². The van der Waals surface area contributed by atoms with E-state index in [0.717, 1.165) is 31.8 Å².